The van der Waals surface area contributed by atoms with Crippen LogP contribution in [0, 0.1) is 5.92 Å². The maximum atomic E-state index is 12.8. The SMILES string of the molecule is CN(c1ccccc1)c1nc(C(=O)NC[C@H]2CCCN(C/C3=C/CCCCCCC3)C2)cs1. The van der Waals surface area contributed by atoms with E-state index in [2.05, 4.69) is 21.3 Å². The second-order valence-corrected chi connectivity index (χ2v) is 10.4. The first-order chi connectivity index (χ1) is 16.2. The van der Waals surface area contributed by atoms with Gasteiger partial charge in [-0.15, -0.1) is 11.3 Å². The standard InChI is InChI=1S/C27H38N4OS/c1-30(24-15-9-6-10-16-24)27-29-25(21-33-27)26(32)28-18-23-14-11-17-31(20-23)19-22-12-7-4-2-3-5-8-13-22/h6,9-10,12,15-16,21,23H,2-5,7-8,11,13-14,17-20H2,1H3,(H,28,32)/b22-12+/t23-/m1/s1. The molecule has 1 N–H and O–H groups in total. The fourth-order valence-corrected chi connectivity index (χ4v) is 5.73. The van der Waals surface area contributed by atoms with E-state index in [1.165, 1.54) is 75.7 Å². The number of carbonyl (C=O) groups excluding carboxylic acids is 1. The Balaban J connectivity index is 1.26. The summed E-state index contributed by atoms with van der Waals surface area (Å²) in [5, 5.41) is 5.85. The number of nitrogens with one attached hydrogen (secondary N) is 1. The van der Waals surface area contributed by atoms with Crippen molar-refractivity contribution in [1.29, 1.82) is 0 Å². The van der Waals surface area contributed by atoms with Crippen LogP contribution in [0.4, 0.5) is 10.8 Å². The summed E-state index contributed by atoms with van der Waals surface area (Å²) in [6.45, 7) is 4.11. The molecule has 33 heavy (non-hydrogen) atoms. The Hall–Kier alpha value is -2.18. The lowest BCUT2D eigenvalue weighted by molar-refractivity contribution is 0.0930. The number of piperidine rings is 1. The van der Waals surface area contributed by atoms with Gasteiger partial charge in [-0.2, -0.15) is 0 Å². The Morgan fingerprint density at radius 1 is 1.15 bits per heavy atom. The largest absolute Gasteiger partial charge is 0.350 e. The van der Waals surface area contributed by atoms with E-state index in [9.17, 15) is 4.79 Å². The Kier molecular flexibility index (Phi) is 8.95. The van der Waals surface area contributed by atoms with Crippen molar-refractivity contribution in [3.8, 4) is 0 Å². The average Bonchev–Trinajstić information content (AvgIpc) is 3.38. The number of thiazole rings is 1. The first-order valence-electron chi connectivity index (χ1n) is 12.6. The Labute approximate surface area is 202 Å². The minimum atomic E-state index is -0.0601. The predicted molar refractivity (Wildman–Crippen MR) is 139 cm³/mol. The Morgan fingerprint density at radius 3 is 2.85 bits per heavy atom. The van der Waals surface area contributed by atoms with Gasteiger partial charge >= 0.3 is 0 Å². The molecular formula is C27H38N4OS. The van der Waals surface area contributed by atoms with E-state index < -0.39 is 0 Å². The molecule has 4 rings (SSSR count). The van der Waals surface area contributed by atoms with Gasteiger partial charge < -0.3 is 10.2 Å². The maximum absolute atomic E-state index is 12.8. The molecule has 1 amide bonds. The molecular weight excluding hydrogens is 428 g/mol. The number of hydrogen-bond donors (Lipinski definition) is 1. The van der Waals surface area contributed by atoms with Crippen molar-refractivity contribution in [3.63, 3.8) is 0 Å². The maximum Gasteiger partial charge on any atom is 0.270 e. The summed E-state index contributed by atoms with van der Waals surface area (Å²) in [7, 11) is 1.99. The molecule has 1 atom stereocenters. The summed E-state index contributed by atoms with van der Waals surface area (Å²) in [6, 6.07) is 10.1. The number of para-hydroxylation sites is 1. The summed E-state index contributed by atoms with van der Waals surface area (Å²) in [5.74, 6) is 0.458. The third-order valence-electron chi connectivity index (χ3n) is 6.87. The van der Waals surface area contributed by atoms with Crippen molar-refractivity contribution in [3.05, 3.63) is 53.1 Å². The molecule has 0 bridgehead atoms. The molecule has 1 aromatic heterocycles. The number of likely N-dealkylation sites (tertiary alicyclic amines) is 1. The van der Waals surface area contributed by atoms with Gasteiger partial charge in [-0.25, -0.2) is 4.98 Å². The molecule has 2 aromatic rings. The number of amides is 1. The van der Waals surface area contributed by atoms with E-state index in [4.69, 9.17) is 0 Å². The van der Waals surface area contributed by atoms with Gasteiger partial charge in [0.05, 0.1) is 0 Å². The van der Waals surface area contributed by atoms with Crippen molar-refractivity contribution in [2.45, 2.75) is 57.8 Å². The second-order valence-electron chi connectivity index (χ2n) is 9.53. The molecule has 1 aromatic carbocycles. The van der Waals surface area contributed by atoms with E-state index in [0.29, 0.717) is 11.6 Å². The van der Waals surface area contributed by atoms with Crippen LogP contribution in [0.1, 0.15) is 68.3 Å². The summed E-state index contributed by atoms with van der Waals surface area (Å²) < 4.78 is 0. The minimum Gasteiger partial charge on any atom is -0.350 e. The highest BCUT2D eigenvalue weighted by Gasteiger charge is 2.22. The zero-order valence-electron chi connectivity index (χ0n) is 20.0. The zero-order chi connectivity index (χ0) is 22.9. The molecule has 1 saturated heterocycles. The number of aromatic nitrogens is 1. The molecule has 178 valence electrons. The quantitative estimate of drug-likeness (QED) is 0.507. The third kappa shape index (κ3) is 7.15. The third-order valence-corrected chi connectivity index (χ3v) is 7.79. The van der Waals surface area contributed by atoms with Crippen LogP contribution in [0.2, 0.25) is 0 Å². The van der Waals surface area contributed by atoms with Crippen LogP contribution >= 0.6 is 11.3 Å². The Morgan fingerprint density at radius 2 is 1.97 bits per heavy atom. The second kappa shape index (κ2) is 12.3. The zero-order valence-corrected chi connectivity index (χ0v) is 20.8. The Bertz CT molecular complexity index is 910. The predicted octanol–water partition coefficient (Wildman–Crippen LogP) is 6.02. The van der Waals surface area contributed by atoms with Crippen LogP contribution in [0.15, 0.2) is 47.4 Å². The van der Waals surface area contributed by atoms with Crippen LogP contribution in [0.25, 0.3) is 0 Å². The van der Waals surface area contributed by atoms with E-state index in [0.717, 1.165) is 30.5 Å². The van der Waals surface area contributed by atoms with Gasteiger partial charge in [0.25, 0.3) is 5.91 Å². The topological polar surface area (TPSA) is 48.5 Å². The number of benzene rings is 1. The van der Waals surface area contributed by atoms with Crippen molar-refractivity contribution >= 4 is 28.1 Å². The van der Waals surface area contributed by atoms with Gasteiger partial charge in [-0.3, -0.25) is 9.69 Å². The normalized spacial score (nSPS) is 21.8. The molecule has 5 nitrogen and oxygen atoms in total. The lowest BCUT2D eigenvalue weighted by Gasteiger charge is -2.33. The van der Waals surface area contributed by atoms with Crippen LogP contribution in [-0.2, 0) is 0 Å². The van der Waals surface area contributed by atoms with Gasteiger partial charge in [0.1, 0.15) is 5.69 Å². The van der Waals surface area contributed by atoms with Crippen molar-refractivity contribution in [1.82, 2.24) is 15.2 Å². The number of anilines is 2. The van der Waals surface area contributed by atoms with Crippen molar-refractivity contribution in [2.75, 3.05) is 38.1 Å². The van der Waals surface area contributed by atoms with Gasteiger partial charge in [0, 0.05) is 37.7 Å². The minimum absolute atomic E-state index is 0.0601. The summed E-state index contributed by atoms with van der Waals surface area (Å²) in [4.78, 5) is 22.0. The van der Waals surface area contributed by atoms with Crippen LogP contribution in [0.3, 0.4) is 0 Å². The summed E-state index contributed by atoms with van der Waals surface area (Å²) in [5.41, 5.74) is 3.22. The lowest BCUT2D eigenvalue weighted by Crippen LogP contribution is -2.41. The molecule has 0 radical (unpaired) electrons. The molecule has 0 saturated carbocycles. The highest BCUT2D eigenvalue weighted by Crippen LogP contribution is 2.27. The molecule has 1 fully saturated rings. The fraction of sp³-hybridized carbons (Fsp3) is 0.556. The number of nitrogens with zero attached hydrogens (tertiary/aromatic N) is 3. The number of carbonyl (C=O) groups is 1. The first kappa shape index (κ1) is 24.0. The number of allylic oxidation sites excluding steroid dienone is 1. The summed E-state index contributed by atoms with van der Waals surface area (Å²) in [6.07, 6.45) is 14.3. The van der Waals surface area contributed by atoms with E-state index in [1.807, 2.05) is 47.7 Å². The van der Waals surface area contributed by atoms with Crippen molar-refractivity contribution < 1.29 is 4.79 Å². The molecule has 1 aliphatic heterocycles. The van der Waals surface area contributed by atoms with Gasteiger partial charge in [0.2, 0.25) is 0 Å². The number of hydrogen-bond acceptors (Lipinski definition) is 5. The average molecular weight is 467 g/mol. The molecule has 2 heterocycles. The van der Waals surface area contributed by atoms with E-state index in [-0.39, 0.29) is 5.91 Å². The van der Waals surface area contributed by atoms with Gasteiger partial charge in [-0.05, 0) is 63.1 Å². The highest BCUT2D eigenvalue weighted by atomic mass is 32.1. The lowest BCUT2D eigenvalue weighted by atomic mass is 9.96. The molecule has 0 unspecified atom stereocenters. The molecule has 2 aliphatic rings. The summed E-state index contributed by atoms with van der Waals surface area (Å²) >= 11 is 1.51. The highest BCUT2D eigenvalue weighted by molar-refractivity contribution is 7.14. The monoisotopic (exact) mass is 466 g/mol. The van der Waals surface area contributed by atoms with E-state index >= 15 is 0 Å². The number of rotatable bonds is 7. The molecule has 0 spiro atoms. The fourth-order valence-electron chi connectivity index (χ4n) is 4.94. The smallest absolute Gasteiger partial charge is 0.270 e. The van der Waals surface area contributed by atoms with Crippen LogP contribution < -0.4 is 10.2 Å². The van der Waals surface area contributed by atoms with E-state index in [1.54, 1.807) is 5.57 Å². The molecule has 6 heteroatoms. The molecule has 1 aliphatic carbocycles. The first-order valence-corrected chi connectivity index (χ1v) is 13.5. The van der Waals surface area contributed by atoms with Crippen LogP contribution in [0.5, 0.6) is 0 Å². The van der Waals surface area contributed by atoms with Crippen molar-refractivity contribution in [2.24, 2.45) is 5.92 Å². The van der Waals surface area contributed by atoms with Gasteiger partial charge in [0.15, 0.2) is 5.13 Å². The van der Waals surface area contributed by atoms with Crippen LogP contribution in [-0.4, -0.2) is 49.0 Å². The van der Waals surface area contributed by atoms with Gasteiger partial charge in [-0.1, -0.05) is 49.1 Å².